The number of carbonyl (C=O) groups excluding carboxylic acids is 2. The average Bonchev–Trinajstić information content (AvgIpc) is 3.20. The number of nitrogens with zero attached hydrogens (tertiary/aromatic N) is 2. The molecule has 8 heteroatoms. The lowest BCUT2D eigenvalue weighted by Crippen LogP contribution is -2.24. The molecular formula is C20H21N3O5. The highest BCUT2D eigenvalue weighted by atomic mass is 16.6. The minimum absolute atomic E-state index is 0.0967. The number of aryl methyl sites for hydroxylation is 1. The van der Waals surface area contributed by atoms with Gasteiger partial charge < -0.3 is 15.0 Å². The van der Waals surface area contributed by atoms with E-state index in [1.54, 1.807) is 18.2 Å². The van der Waals surface area contributed by atoms with Gasteiger partial charge in [-0.25, -0.2) is 4.79 Å². The monoisotopic (exact) mass is 383 g/mol. The largest absolute Gasteiger partial charge is 0.452 e. The Balaban J connectivity index is 1.71. The highest BCUT2D eigenvalue weighted by Crippen LogP contribution is 2.29. The Morgan fingerprint density at radius 1 is 1.18 bits per heavy atom. The topological polar surface area (TPSA) is 102 Å². The fraction of sp³-hybridized carbons (Fsp3) is 0.300. The molecule has 1 aliphatic heterocycles. The van der Waals surface area contributed by atoms with E-state index < -0.39 is 23.4 Å². The lowest BCUT2D eigenvalue weighted by atomic mass is 10.1. The molecule has 0 atom stereocenters. The van der Waals surface area contributed by atoms with Gasteiger partial charge in [0.15, 0.2) is 6.61 Å². The molecule has 146 valence electrons. The summed E-state index contributed by atoms with van der Waals surface area (Å²) >= 11 is 0. The van der Waals surface area contributed by atoms with Crippen molar-refractivity contribution in [2.45, 2.75) is 19.8 Å². The van der Waals surface area contributed by atoms with Crippen molar-refractivity contribution in [3.8, 4) is 0 Å². The predicted molar refractivity (Wildman–Crippen MR) is 105 cm³/mol. The summed E-state index contributed by atoms with van der Waals surface area (Å²) < 4.78 is 5.13. The molecule has 0 radical (unpaired) electrons. The number of hydrogen-bond donors (Lipinski definition) is 1. The molecule has 0 aliphatic carbocycles. The van der Waals surface area contributed by atoms with Crippen molar-refractivity contribution in [2.75, 3.05) is 29.9 Å². The summed E-state index contributed by atoms with van der Waals surface area (Å²) in [5.41, 5.74) is 2.08. The lowest BCUT2D eigenvalue weighted by Gasteiger charge is -2.20. The number of esters is 1. The smallest absolute Gasteiger partial charge is 0.341 e. The Kier molecular flexibility index (Phi) is 5.88. The highest BCUT2D eigenvalue weighted by Gasteiger charge is 2.24. The third-order valence-corrected chi connectivity index (χ3v) is 4.49. The summed E-state index contributed by atoms with van der Waals surface area (Å²) in [6.07, 6.45) is 1.98. The van der Waals surface area contributed by atoms with Gasteiger partial charge in [-0.1, -0.05) is 12.1 Å². The van der Waals surface area contributed by atoms with Gasteiger partial charge in [-0.15, -0.1) is 0 Å². The third-order valence-electron chi connectivity index (χ3n) is 4.49. The van der Waals surface area contributed by atoms with Crippen LogP contribution in [-0.2, 0) is 9.53 Å². The van der Waals surface area contributed by atoms with Gasteiger partial charge in [0.05, 0.1) is 16.2 Å². The van der Waals surface area contributed by atoms with Crippen LogP contribution in [0.5, 0.6) is 0 Å². The van der Waals surface area contributed by atoms with Gasteiger partial charge in [-0.3, -0.25) is 14.9 Å². The summed E-state index contributed by atoms with van der Waals surface area (Å²) in [5, 5.41) is 13.7. The first-order valence-corrected chi connectivity index (χ1v) is 9.01. The second-order valence-electron chi connectivity index (χ2n) is 6.65. The summed E-state index contributed by atoms with van der Waals surface area (Å²) in [5.74, 6) is -1.24. The number of carbonyl (C=O) groups is 2. The molecule has 1 N–H and O–H groups in total. The molecule has 8 nitrogen and oxygen atoms in total. The molecule has 1 fully saturated rings. The number of ether oxygens (including phenoxy) is 1. The minimum Gasteiger partial charge on any atom is -0.452 e. The number of benzene rings is 2. The van der Waals surface area contributed by atoms with Crippen molar-refractivity contribution < 1.29 is 19.2 Å². The summed E-state index contributed by atoms with van der Waals surface area (Å²) in [6, 6.07) is 11.4. The molecule has 1 aliphatic rings. The lowest BCUT2D eigenvalue weighted by molar-refractivity contribution is -0.384. The van der Waals surface area contributed by atoms with Crippen LogP contribution in [0.25, 0.3) is 0 Å². The zero-order chi connectivity index (χ0) is 20.1. The SMILES string of the molecule is Cc1cccc(NC(=O)COC(=O)c2cc([N+](=O)[O-])ccc2N2CCCC2)c1. The van der Waals surface area contributed by atoms with Crippen molar-refractivity contribution in [1.29, 1.82) is 0 Å². The van der Waals surface area contributed by atoms with Crippen molar-refractivity contribution in [2.24, 2.45) is 0 Å². The molecule has 1 heterocycles. The second-order valence-corrected chi connectivity index (χ2v) is 6.65. The van der Waals surface area contributed by atoms with E-state index in [1.165, 1.54) is 12.1 Å². The van der Waals surface area contributed by atoms with E-state index in [0.29, 0.717) is 11.4 Å². The second kappa shape index (κ2) is 8.51. The van der Waals surface area contributed by atoms with Crippen LogP contribution in [0.3, 0.4) is 0 Å². The number of nitrogens with one attached hydrogen (secondary N) is 1. The van der Waals surface area contributed by atoms with E-state index in [9.17, 15) is 19.7 Å². The van der Waals surface area contributed by atoms with Crippen molar-refractivity contribution in [1.82, 2.24) is 0 Å². The van der Waals surface area contributed by atoms with Crippen LogP contribution in [0.1, 0.15) is 28.8 Å². The number of anilines is 2. The van der Waals surface area contributed by atoms with Crippen LogP contribution >= 0.6 is 0 Å². The molecule has 0 saturated carbocycles. The highest BCUT2D eigenvalue weighted by molar-refractivity contribution is 5.99. The Hall–Kier alpha value is -3.42. The molecule has 2 aromatic carbocycles. The first-order valence-electron chi connectivity index (χ1n) is 9.01. The molecular weight excluding hydrogens is 362 g/mol. The maximum Gasteiger partial charge on any atom is 0.341 e. The normalized spacial score (nSPS) is 13.2. The van der Waals surface area contributed by atoms with Gasteiger partial charge in [-0.05, 0) is 43.5 Å². The van der Waals surface area contributed by atoms with Gasteiger partial charge in [0, 0.05) is 30.9 Å². The maximum absolute atomic E-state index is 12.6. The summed E-state index contributed by atoms with van der Waals surface area (Å²) in [4.78, 5) is 37.1. The fourth-order valence-electron chi connectivity index (χ4n) is 3.16. The van der Waals surface area contributed by atoms with E-state index in [0.717, 1.165) is 31.5 Å². The molecule has 0 bridgehead atoms. The van der Waals surface area contributed by atoms with Crippen molar-refractivity contribution >= 4 is 28.9 Å². The third kappa shape index (κ3) is 4.64. The number of hydrogen-bond acceptors (Lipinski definition) is 6. The summed E-state index contributed by atoms with van der Waals surface area (Å²) in [7, 11) is 0. The number of non-ortho nitro benzene ring substituents is 1. The molecule has 1 amide bonds. The van der Waals surface area contributed by atoms with E-state index in [-0.39, 0.29) is 11.3 Å². The van der Waals surface area contributed by atoms with Crippen LogP contribution in [0.2, 0.25) is 0 Å². The number of amides is 1. The number of nitro groups is 1. The Morgan fingerprint density at radius 2 is 1.93 bits per heavy atom. The molecule has 0 unspecified atom stereocenters. The molecule has 0 aromatic heterocycles. The zero-order valence-corrected chi connectivity index (χ0v) is 15.5. The maximum atomic E-state index is 12.6. The first-order chi connectivity index (χ1) is 13.4. The molecule has 1 saturated heterocycles. The van der Waals surface area contributed by atoms with E-state index in [4.69, 9.17) is 4.74 Å². The standard InChI is InChI=1S/C20H21N3O5/c1-14-5-4-6-15(11-14)21-19(24)13-28-20(25)17-12-16(23(26)27)7-8-18(17)22-9-2-3-10-22/h4-8,11-12H,2-3,9-10,13H2,1H3,(H,21,24). The van der Waals surface area contributed by atoms with Crippen LogP contribution in [0.4, 0.5) is 17.1 Å². The van der Waals surface area contributed by atoms with Crippen molar-refractivity contribution in [3.05, 3.63) is 63.7 Å². The van der Waals surface area contributed by atoms with E-state index in [1.807, 2.05) is 24.0 Å². The van der Waals surface area contributed by atoms with E-state index >= 15 is 0 Å². The van der Waals surface area contributed by atoms with Gasteiger partial charge in [0.2, 0.25) is 0 Å². The number of rotatable bonds is 6. The van der Waals surface area contributed by atoms with Crippen LogP contribution in [0, 0.1) is 17.0 Å². The average molecular weight is 383 g/mol. The minimum atomic E-state index is -0.759. The Bertz CT molecular complexity index is 906. The Morgan fingerprint density at radius 3 is 2.61 bits per heavy atom. The predicted octanol–water partition coefficient (Wildman–Crippen LogP) is 3.30. The first kappa shape index (κ1) is 19.3. The fourth-order valence-corrected chi connectivity index (χ4v) is 3.16. The van der Waals surface area contributed by atoms with Crippen LogP contribution in [0.15, 0.2) is 42.5 Å². The van der Waals surface area contributed by atoms with Crippen molar-refractivity contribution in [3.63, 3.8) is 0 Å². The zero-order valence-electron chi connectivity index (χ0n) is 15.5. The van der Waals surface area contributed by atoms with Gasteiger partial charge >= 0.3 is 5.97 Å². The van der Waals surface area contributed by atoms with Crippen LogP contribution in [-0.4, -0.2) is 36.5 Å². The van der Waals surface area contributed by atoms with E-state index in [2.05, 4.69) is 5.32 Å². The molecule has 0 spiro atoms. The number of nitro benzene ring substituents is 1. The molecule has 2 aromatic rings. The molecule has 28 heavy (non-hydrogen) atoms. The van der Waals surface area contributed by atoms with Gasteiger partial charge in [0.25, 0.3) is 11.6 Å². The summed E-state index contributed by atoms with van der Waals surface area (Å²) in [6.45, 7) is 2.96. The van der Waals surface area contributed by atoms with Crippen LogP contribution < -0.4 is 10.2 Å². The quantitative estimate of drug-likeness (QED) is 0.466. The molecule has 3 rings (SSSR count). The van der Waals surface area contributed by atoms with Gasteiger partial charge in [-0.2, -0.15) is 0 Å². The van der Waals surface area contributed by atoms with Gasteiger partial charge in [0.1, 0.15) is 0 Å². The Labute approximate surface area is 162 Å².